The number of amides is 1. The molecule has 1 fully saturated rings. The summed E-state index contributed by atoms with van der Waals surface area (Å²) < 4.78 is 7.91. The fourth-order valence-electron chi connectivity index (χ4n) is 3.31. The molecule has 0 spiro atoms. The van der Waals surface area contributed by atoms with Crippen LogP contribution in [0.25, 0.3) is 10.7 Å². The summed E-state index contributed by atoms with van der Waals surface area (Å²) in [7, 11) is 0. The van der Waals surface area contributed by atoms with E-state index in [0.717, 1.165) is 48.3 Å². The first-order chi connectivity index (χ1) is 14.3. The van der Waals surface area contributed by atoms with E-state index in [4.69, 9.17) is 4.74 Å². The molecular formula is C21H24N4O2S2. The SMILES string of the molecule is O=C(CSc1nnc(-c2cccs2)n1CC1CCCO1)NCCc1ccccc1. The molecule has 1 aromatic carbocycles. The molecule has 1 N–H and O–H groups in total. The molecule has 0 saturated carbocycles. The molecule has 1 unspecified atom stereocenters. The number of rotatable bonds is 9. The molecular weight excluding hydrogens is 404 g/mol. The topological polar surface area (TPSA) is 69.0 Å². The Hall–Kier alpha value is -2.16. The number of benzene rings is 1. The molecule has 3 aromatic rings. The smallest absolute Gasteiger partial charge is 0.230 e. The van der Waals surface area contributed by atoms with Crippen LogP contribution in [-0.2, 0) is 22.5 Å². The highest BCUT2D eigenvalue weighted by Gasteiger charge is 2.22. The lowest BCUT2D eigenvalue weighted by Gasteiger charge is -2.14. The molecule has 8 heteroatoms. The van der Waals surface area contributed by atoms with Crippen molar-refractivity contribution in [1.29, 1.82) is 0 Å². The second-order valence-corrected chi connectivity index (χ2v) is 8.79. The lowest BCUT2D eigenvalue weighted by atomic mass is 10.1. The highest BCUT2D eigenvalue weighted by molar-refractivity contribution is 7.99. The lowest BCUT2D eigenvalue weighted by molar-refractivity contribution is -0.118. The van der Waals surface area contributed by atoms with Gasteiger partial charge >= 0.3 is 0 Å². The summed E-state index contributed by atoms with van der Waals surface area (Å²) in [4.78, 5) is 13.4. The van der Waals surface area contributed by atoms with Crippen LogP contribution in [0.3, 0.4) is 0 Å². The van der Waals surface area contributed by atoms with Gasteiger partial charge in [0.15, 0.2) is 11.0 Å². The predicted molar refractivity (Wildman–Crippen MR) is 116 cm³/mol. The van der Waals surface area contributed by atoms with Gasteiger partial charge in [0.25, 0.3) is 0 Å². The first-order valence-electron chi connectivity index (χ1n) is 9.81. The monoisotopic (exact) mass is 428 g/mol. The summed E-state index contributed by atoms with van der Waals surface area (Å²) in [5.74, 6) is 1.18. The van der Waals surface area contributed by atoms with E-state index < -0.39 is 0 Å². The Bertz CT molecular complexity index is 906. The normalized spacial score (nSPS) is 16.2. The molecule has 0 bridgehead atoms. The Balaban J connectivity index is 1.35. The van der Waals surface area contributed by atoms with Crippen LogP contribution < -0.4 is 5.32 Å². The zero-order valence-corrected chi connectivity index (χ0v) is 17.8. The molecule has 1 atom stereocenters. The zero-order valence-electron chi connectivity index (χ0n) is 16.1. The molecule has 29 heavy (non-hydrogen) atoms. The molecule has 1 aliphatic heterocycles. The van der Waals surface area contributed by atoms with Crippen molar-refractivity contribution in [3.8, 4) is 10.7 Å². The average molecular weight is 429 g/mol. The Labute approximate surface area is 178 Å². The van der Waals surface area contributed by atoms with Crippen molar-refractivity contribution in [3.63, 3.8) is 0 Å². The van der Waals surface area contributed by atoms with E-state index in [9.17, 15) is 4.79 Å². The number of carbonyl (C=O) groups excluding carboxylic acids is 1. The number of nitrogens with zero attached hydrogens (tertiary/aromatic N) is 3. The predicted octanol–water partition coefficient (Wildman–Crippen LogP) is 3.64. The van der Waals surface area contributed by atoms with E-state index in [1.54, 1.807) is 11.3 Å². The summed E-state index contributed by atoms with van der Waals surface area (Å²) >= 11 is 3.07. The van der Waals surface area contributed by atoms with E-state index in [1.807, 2.05) is 35.7 Å². The average Bonchev–Trinajstić information content (AvgIpc) is 3.50. The third-order valence-electron chi connectivity index (χ3n) is 4.78. The molecule has 4 rings (SSSR count). The quantitative estimate of drug-likeness (QED) is 0.527. The molecule has 3 heterocycles. The minimum atomic E-state index is 0.00951. The largest absolute Gasteiger partial charge is 0.376 e. The van der Waals surface area contributed by atoms with Crippen molar-refractivity contribution < 1.29 is 9.53 Å². The Morgan fingerprint density at radius 3 is 2.90 bits per heavy atom. The summed E-state index contributed by atoms with van der Waals surface area (Å²) in [5, 5.41) is 14.5. The molecule has 0 aliphatic carbocycles. The van der Waals surface area contributed by atoms with Gasteiger partial charge in [-0.15, -0.1) is 21.5 Å². The standard InChI is InChI=1S/C21H24N4O2S2/c26-19(22-11-10-16-6-2-1-3-7-16)15-29-21-24-23-20(18-9-5-13-28-18)25(21)14-17-8-4-12-27-17/h1-3,5-7,9,13,17H,4,8,10-12,14-15H2,(H,22,26). The van der Waals surface area contributed by atoms with Gasteiger partial charge in [0.1, 0.15) is 0 Å². The van der Waals surface area contributed by atoms with Crippen LogP contribution in [0, 0.1) is 0 Å². The summed E-state index contributed by atoms with van der Waals surface area (Å²) in [6.07, 6.45) is 3.15. The van der Waals surface area contributed by atoms with Gasteiger partial charge in [-0.1, -0.05) is 48.2 Å². The van der Waals surface area contributed by atoms with Crippen molar-refractivity contribution in [1.82, 2.24) is 20.1 Å². The fourth-order valence-corrected chi connectivity index (χ4v) is 4.81. The van der Waals surface area contributed by atoms with Crippen LogP contribution in [0.15, 0.2) is 53.0 Å². The number of carbonyl (C=O) groups is 1. The van der Waals surface area contributed by atoms with Gasteiger partial charge in [-0.05, 0) is 36.3 Å². The fraction of sp³-hybridized carbons (Fsp3) is 0.381. The van der Waals surface area contributed by atoms with Crippen LogP contribution >= 0.6 is 23.1 Å². The number of nitrogens with one attached hydrogen (secondary N) is 1. The van der Waals surface area contributed by atoms with Gasteiger partial charge in [-0.25, -0.2) is 0 Å². The lowest BCUT2D eigenvalue weighted by Crippen LogP contribution is -2.27. The van der Waals surface area contributed by atoms with E-state index in [0.29, 0.717) is 12.3 Å². The Kier molecular flexibility index (Phi) is 6.97. The van der Waals surface area contributed by atoms with E-state index in [-0.39, 0.29) is 12.0 Å². The molecule has 1 saturated heterocycles. The van der Waals surface area contributed by atoms with Crippen LogP contribution in [0.5, 0.6) is 0 Å². The van der Waals surface area contributed by atoms with Gasteiger partial charge in [-0.3, -0.25) is 9.36 Å². The van der Waals surface area contributed by atoms with Crippen molar-refractivity contribution in [2.45, 2.75) is 37.1 Å². The highest BCUT2D eigenvalue weighted by Crippen LogP contribution is 2.29. The number of hydrogen-bond acceptors (Lipinski definition) is 6. The van der Waals surface area contributed by atoms with Gasteiger partial charge < -0.3 is 10.1 Å². The van der Waals surface area contributed by atoms with E-state index in [2.05, 4.69) is 32.2 Å². The maximum absolute atomic E-state index is 12.3. The minimum Gasteiger partial charge on any atom is -0.376 e. The molecule has 152 valence electrons. The van der Waals surface area contributed by atoms with Crippen LogP contribution in [0.1, 0.15) is 18.4 Å². The van der Waals surface area contributed by atoms with Gasteiger partial charge in [0.2, 0.25) is 5.91 Å². The number of thiophene rings is 1. The van der Waals surface area contributed by atoms with Gasteiger partial charge in [-0.2, -0.15) is 0 Å². The third-order valence-corrected chi connectivity index (χ3v) is 6.61. The third kappa shape index (κ3) is 5.46. The van der Waals surface area contributed by atoms with Crippen LogP contribution in [0.4, 0.5) is 0 Å². The summed E-state index contributed by atoms with van der Waals surface area (Å²) in [6, 6.07) is 14.2. The van der Waals surface area contributed by atoms with Crippen LogP contribution in [-0.4, -0.2) is 45.7 Å². The Morgan fingerprint density at radius 2 is 2.14 bits per heavy atom. The van der Waals surface area contributed by atoms with E-state index >= 15 is 0 Å². The summed E-state index contributed by atoms with van der Waals surface area (Å²) in [5.41, 5.74) is 1.22. The number of aromatic nitrogens is 3. The number of ether oxygens (including phenoxy) is 1. The maximum Gasteiger partial charge on any atom is 0.230 e. The van der Waals surface area contributed by atoms with Crippen molar-refractivity contribution in [3.05, 3.63) is 53.4 Å². The number of hydrogen-bond donors (Lipinski definition) is 1. The van der Waals surface area contributed by atoms with Crippen LogP contribution in [0.2, 0.25) is 0 Å². The van der Waals surface area contributed by atoms with Gasteiger partial charge in [0, 0.05) is 13.2 Å². The maximum atomic E-state index is 12.3. The Morgan fingerprint density at radius 1 is 1.24 bits per heavy atom. The van der Waals surface area contributed by atoms with Gasteiger partial charge in [0.05, 0.1) is 23.3 Å². The molecule has 2 aromatic heterocycles. The minimum absolute atomic E-state index is 0.00951. The van der Waals surface area contributed by atoms with Crippen molar-refractivity contribution in [2.75, 3.05) is 18.9 Å². The second kappa shape index (κ2) is 10.0. The molecule has 6 nitrogen and oxygen atoms in total. The first-order valence-corrected chi connectivity index (χ1v) is 11.7. The number of thioether (sulfide) groups is 1. The summed E-state index contributed by atoms with van der Waals surface area (Å²) in [6.45, 7) is 2.16. The van der Waals surface area contributed by atoms with E-state index in [1.165, 1.54) is 17.3 Å². The van der Waals surface area contributed by atoms with Crippen molar-refractivity contribution in [2.24, 2.45) is 0 Å². The highest BCUT2D eigenvalue weighted by atomic mass is 32.2. The van der Waals surface area contributed by atoms with Crippen molar-refractivity contribution >= 4 is 29.0 Å². The molecule has 0 radical (unpaired) electrons. The molecule has 1 amide bonds. The second-order valence-electron chi connectivity index (χ2n) is 6.90. The first kappa shape index (κ1) is 20.1. The zero-order chi connectivity index (χ0) is 19.9. The molecule has 1 aliphatic rings.